The highest BCUT2D eigenvalue weighted by Crippen LogP contribution is 2.45. The van der Waals surface area contributed by atoms with Crippen LogP contribution in [0.4, 0.5) is 0 Å². The Balaban J connectivity index is 2.12. The first-order chi connectivity index (χ1) is 9.12. The van der Waals surface area contributed by atoms with Gasteiger partial charge in [0, 0.05) is 12.8 Å². The third-order valence-corrected chi connectivity index (χ3v) is 3.54. The highest BCUT2D eigenvalue weighted by atomic mass is 16.7. The molecule has 2 rings (SSSR count). The van der Waals surface area contributed by atoms with E-state index in [1.807, 2.05) is 0 Å². The van der Waals surface area contributed by atoms with Crippen molar-refractivity contribution in [1.29, 1.82) is 0 Å². The van der Waals surface area contributed by atoms with Crippen LogP contribution in [0.5, 0.6) is 0 Å². The number of esters is 2. The molecule has 0 radical (unpaired) electrons. The van der Waals surface area contributed by atoms with E-state index in [4.69, 9.17) is 18.9 Å². The molecule has 2 aliphatic rings. The van der Waals surface area contributed by atoms with Gasteiger partial charge in [0.15, 0.2) is 5.79 Å². The highest BCUT2D eigenvalue weighted by molar-refractivity contribution is 5.83. The van der Waals surface area contributed by atoms with Crippen LogP contribution in [0.15, 0.2) is 0 Å². The summed E-state index contributed by atoms with van der Waals surface area (Å²) in [5.74, 6) is -2.66. The molecule has 108 valence electrons. The van der Waals surface area contributed by atoms with Crippen molar-refractivity contribution in [1.82, 2.24) is 0 Å². The van der Waals surface area contributed by atoms with Crippen LogP contribution in [0.25, 0.3) is 0 Å². The Morgan fingerprint density at radius 3 is 1.79 bits per heavy atom. The molecule has 0 bridgehead atoms. The van der Waals surface area contributed by atoms with Gasteiger partial charge in [0.2, 0.25) is 0 Å². The van der Waals surface area contributed by atoms with E-state index in [1.54, 1.807) is 13.8 Å². The van der Waals surface area contributed by atoms with Crippen LogP contribution in [0.3, 0.4) is 0 Å². The van der Waals surface area contributed by atoms with Gasteiger partial charge >= 0.3 is 11.9 Å². The monoisotopic (exact) mass is 272 g/mol. The molecule has 2 unspecified atom stereocenters. The molecule has 0 N–H and O–H groups in total. The van der Waals surface area contributed by atoms with Crippen molar-refractivity contribution in [2.75, 3.05) is 26.4 Å². The zero-order valence-corrected chi connectivity index (χ0v) is 11.3. The summed E-state index contributed by atoms with van der Waals surface area (Å²) in [7, 11) is 0. The second-order valence-corrected chi connectivity index (χ2v) is 4.73. The average Bonchev–Trinajstić information content (AvgIpc) is 2.98. The molecule has 19 heavy (non-hydrogen) atoms. The first kappa shape index (κ1) is 14.3. The normalized spacial score (nSPS) is 28.5. The fraction of sp³-hybridized carbons (Fsp3) is 0.846. The Kier molecular flexibility index (Phi) is 4.42. The standard InChI is InChI=1S/C13H20O6/c1-3-16-11(14)9-7-13(18-5-6-19-13)8-10(9)12(15)17-4-2/h9-10H,3-8H2,1-2H3. The lowest BCUT2D eigenvalue weighted by molar-refractivity contribution is -0.163. The number of ether oxygens (including phenoxy) is 4. The van der Waals surface area contributed by atoms with E-state index >= 15 is 0 Å². The second-order valence-electron chi connectivity index (χ2n) is 4.73. The molecular weight excluding hydrogens is 252 g/mol. The van der Waals surface area contributed by atoms with E-state index in [-0.39, 0.29) is 11.9 Å². The van der Waals surface area contributed by atoms with E-state index in [0.717, 1.165) is 0 Å². The smallest absolute Gasteiger partial charge is 0.310 e. The minimum Gasteiger partial charge on any atom is -0.466 e. The molecule has 0 aromatic carbocycles. The van der Waals surface area contributed by atoms with E-state index in [1.165, 1.54) is 0 Å². The van der Waals surface area contributed by atoms with Gasteiger partial charge < -0.3 is 18.9 Å². The van der Waals surface area contributed by atoms with Gasteiger partial charge in [-0.2, -0.15) is 0 Å². The van der Waals surface area contributed by atoms with Gasteiger partial charge in [0.1, 0.15) is 0 Å². The van der Waals surface area contributed by atoms with E-state index in [0.29, 0.717) is 39.3 Å². The largest absolute Gasteiger partial charge is 0.466 e. The summed E-state index contributed by atoms with van der Waals surface area (Å²) in [5, 5.41) is 0. The zero-order valence-electron chi connectivity index (χ0n) is 11.3. The predicted molar refractivity (Wildman–Crippen MR) is 64.1 cm³/mol. The quantitative estimate of drug-likeness (QED) is 0.708. The lowest BCUT2D eigenvalue weighted by Crippen LogP contribution is -2.28. The summed E-state index contributed by atoms with van der Waals surface area (Å²) in [4.78, 5) is 23.9. The maximum atomic E-state index is 12.0. The summed E-state index contributed by atoms with van der Waals surface area (Å²) in [6, 6.07) is 0. The lowest BCUT2D eigenvalue weighted by atomic mass is 9.96. The highest BCUT2D eigenvalue weighted by Gasteiger charge is 2.55. The van der Waals surface area contributed by atoms with Crippen LogP contribution in [0, 0.1) is 11.8 Å². The molecule has 2 atom stereocenters. The molecule has 1 saturated heterocycles. The molecule has 1 aliphatic heterocycles. The first-order valence-electron chi connectivity index (χ1n) is 6.73. The van der Waals surface area contributed by atoms with Crippen molar-refractivity contribution in [3.63, 3.8) is 0 Å². The third kappa shape index (κ3) is 2.90. The Morgan fingerprint density at radius 1 is 1.00 bits per heavy atom. The van der Waals surface area contributed by atoms with Gasteiger partial charge in [-0.05, 0) is 13.8 Å². The van der Waals surface area contributed by atoms with E-state index in [2.05, 4.69) is 0 Å². The minimum atomic E-state index is -0.811. The molecule has 1 aliphatic carbocycles. The van der Waals surface area contributed by atoms with Crippen molar-refractivity contribution < 1.29 is 28.5 Å². The molecule has 2 fully saturated rings. The number of rotatable bonds is 4. The first-order valence-corrected chi connectivity index (χ1v) is 6.73. The summed E-state index contributed by atoms with van der Waals surface area (Å²) in [5.41, 5.74) is 0. The Bertz CT molecular complexity index is 319. The second kappa shape index (κ2) is 5.88. The Morgan fingerprint density at radius 2 is 1.42 bits per heavy atom. The molecule has 6 nitrogen and oxygen atoms in total. The van der Waals surface area contributed by atoms with Gasteiger partial charge in [-0.1, -0.05) is 0 Å². The Labute approximate surface area is 112 Å². The van der Waals surface area contributed by atoms with Crippen molar-refractivity contribution in [3.8, 4) is 0 Å². The van der Waals surface area contributed by atoms with Crippen LogP contribution in [-0.2, 0) is 28.5 Å². The van der Waals surface area contributed by atoms with Crippen molar-refractivity contribution in [2.45, 2.75) is 32.5 Å². The van der Waals surface area contributed by atoms with Crippen LogP contribution in [0.1, 0.15) is 26.7 Å². The van der Waals surface area contributed by atoms with E-state index in [9.17, 15) is 9.59 Å². The maximum Gasteiger partial charge on any atom is 0.310 e. The zero-order chi connectivity index (χ0) is 13.9. The van der Waals surface area contributed by atoms with E-state index < -0.39 is 17.6 Å². The lowest BCUT2D eigenvalue weighted by Gasteiger charge is -2.21. The van der Waals surface area contributed by atoms with Gasteiger partial charge in [0.25, 0.3) is 0 Å². The van der Waals surface area contributed by atoms with Crippen LogP contribution in [0.2, 0.25) is 0 Å². The van der Waals surface area contributed by atoms with Crippen LogP contribution >= 0.6 is 0 Å². The van der Waals surface area contributed by atoms with Crippen LogP contribution in [-0.4, -0.2) is 44.2 Å². The molecule has 0 amide bonds. The van der Waals surface area contributed by atoms with Gasteiger partial charge in [-0.3, -0.25) is 9.59 Å². The van der Waals surface area contributed by atoms with Crippen LogP contribution < -0.4 is 0 Å². The third-order valence-electron chi connectivity index (χ3n) is 3.54. The molecule has 6 heteroatoms. The molecule has 0 aromatic rings. The van der Waals surface area contributed by atoms with Gasteiger partial charge in [-0.25, -0.2) is 0 Å². The van der Waals surface area contributed by atoms with Gasteiger partial charge in [0.05, 0.1) is 38.3 Å². The van der Waals surface area contributed by atoms with Crippen molar-refractivity contribution >= 4 is 11.9 Å². The predicted octanol–water partition coefficient (Wildman–Crippen LogP) is 0.882. The summed E-state index contributed by atoms with van der Waals surface area (Å²) < 4.78 is 21.2. The summed E-state index contributed by atoms with van der Waals surface area (Å²) >= 11 is 0. The summed E-state index contributed by atoms with van der Waals surface area (Å²) in [6.45, 7) is 5.05. The number of hydrogen-bond donors (Lipinski definition) is 0. The topological polar surface area (TPSA) is 71.1 Å². The minimum absolute atomic E-state index is 0.291. The SMILES string of the molecule is CCOC(=O)C1CC2(CC1C(=O)OCC)OCCO2. The number of carbonyl (C=O) groups is 2. The molecule has 1 heterocycles. The fourth-order valence-corrected chi connectivity index (χ4v) is 2.76. The van der Waals surface area contributed by atoms with Gasteiger partial charge in [-0.15, -0.1) is 0 Å². The maximum absolute atomic E-state index is 12.0. The molecule has 1 saturated carbocycles. The number of carbonyl (C=O) groups excluding carboxylic acids is 2. The number of hydrogen-bond acceptors (Lipinski definition) is 6. The Hall–Kier alpha value is -1.14. The van der Waals surface area contributed by atoms with Crippen molar-refractivity contribution in [3.05, 3.63) is 0 Å². The fourth-order valence-electron chi connectivity index (χ4n) is 2.76. The van der Waals surface area contributed by atoms with Crippen molar-refractivity contribution in [2.24, 2.45) is 11.8 Å². The summed E-state index contributed by atoms with van der Waals surface area (Å²) in [6.07, 6.45) is 0.713. The molecular formula is C13H20O6. The molecule has 0 aromatic heterocycles. The molecule has 1 spiro atoms. The average molecular weight is 272 g/mol.